The molecule has 17 heavy (non-hydrogen) atoms. The molecule has 2 N–H and O–H groups in total. The van der Waals surface area contributed by atoms with Crippen molar-refractivity contribution in [3.05, 3.63) is 0 Å². The van der Waals surface area contributed by atoms with Crippen LogP contribution in [0, 0.1) is 0 Å². The summed E-state index contributed by atoms with van der Waals surface area (Å²) in [5.74, 6) is 0.131. The lowest BCUT2D eigenvalue weighted by Crippen LogP contribution is -2.55. The van der Waals surface area contributed by atoms with E-state index in [1.807, 2.05) is 32.5 Å². The minimum absolute atomic E-state index is 0.131. The van der Waals surface area contributed by atoms with Gasteiger partial charge in [0.05, 0.1) is 5.54 Å². The Hall–Kier alpha value is -0.220. The first-order valence-corrected chi connectivity index (χ1v) is 7.87. The molecule has 0 aromatic rings. The highest BCUT2D eigenvalue weighted by Crippen LogP contribution is 2.27. The number of nitrogens with one attached hydrogen (secondary N) is 2. The molecule has 1 saturated carbocycles. The van der Waals surface area contributed by atoms with Crippen LogP contribution < -0.4 is 10.6 Å². The Labute approximate surface area is 109 Å². The van der Waals surface area contributed by atoms with Crippen LogP contribution in [0.3, 0.4) is 0 Å². The van der Waals surface area contributed by atoms with Gasteiger partial charge in [-0.25, -0.2) is 0 Å². The summed E-state index contributed by atoms with van der Waals surface area (Å²) in [6.07, 6.45) is 6.94. The van der Waals surface area contributed by atoms with E-state index >= 15 is 0 Å². The molecule has 2 unspecified atom stereocenters. The maximum Gasteiger partial charge on any atom is 0.239 e. The average molecular weight is 258 g/mol. The quantitative estimate of drug-likeness (QED) is 0.794. The van der Waals surface area contributed by atoms with Gasteiger partial charge in [-0.1, -0.05) is 13.3 Å². The zero-order valence-corrected chi connectivity index (χ0v) is 12.3. The molecule has 1 fully saturated rings. The molecule has 1 rings (SSSR count). The Morgan fingerprint density at radius 3 is 2.71 bits per heavy atom. The van der Waals surface area contributed by atoms with Crippen LogP contribution in [0.1, 0.15) is 46.5 Å². The monoisotopic (exact) mass is 258 g/mol. The molecule has 3 nitrogen and oxygen atoms in total. The number of hydrogen-bond acceptors (Lipinski definition) is 3. The molecule has 0 aliphatic heterocycles. The van der Waals surface area contributed by atoms with E-state index < -0.39 is 5.54 Å². The number of hydrogen-bond donors (Lipinski definition) is 2. The molecule has 0 radical (unpaired) electrons. The fourth-order valence-corrected chi connectivity index (χ4v) is 3.21. The Morgan fingerprint density at radius 2 is 2.12 bits per heavy atom. The number of thioether (sulfide) groups is 1. The highest BCUT2D eigenvalue weighted by atomic mass is 32.2. The van der Waals surface area contributed by atoms with Gasteiger partial charge < -0.3 is 10.6 Å². The van der Waals surface area contributed by atoms with Crippen molar-refractivity contribution < 1.29 is 4.79 Å². The molecule has 4 heteroatoms. The largest absolute Gasteiger partial charge is 0.352 e. The van der Waals surface area contributed by atoms with Crippen molar-refractivity contribution in [2.45, 2.75) is 63.3 Å². The zero-order chi connectivity index (χ0) is 12.9. The van der Waals surface area contributed by atoms with Crippen LogP contribution in [0.2, 0.25) is 0 Å². The third kappa shape index (κ3) is 4.51. The summed E-state index contributed by atoms with van der Waals surface area (Å²) in [5, 5.41) is 7.13. The van der Waals surface area contributed by atoms with Gasteiger partial charge in [0.2, 0.25) is 5.91 Å². The van der Waals surface area contributed by atoms with Crippen molar-refractivity contribution >= 4 is 17.7 Å². The molecular formula is C13H26N2OS. The summed E-state index contributed by atoms with van der Waals surface area (Å²) in [7, 11) is 0. The van der Waals surface area contributed by atoms with E-state index in [4.69, 9.17) is 0 Å². The lowest BCUT2D eigenvalue weighted by Gasteiger charge is -2.32. The van der Waals surface area contributed by atoms with Gasteiger partial charge in [-0.05, 0) is 45.9 Å². The Balaban J connectivity index is 2.45. The van der Waals surface area contributed by atoms with Crippen LogP contribution in [0.5, 0.6) is 0 Å². The van der Waals surface area contributed by atoms with Gasteiger partial charge in [-0.15, -0.1) is 0 Å². The minimum Gasteiger partial charge on any atom is -0.352 e. The van der Waals surface area contributed by atoms with Gasteiger partial charge in [0.15, 0.2) is 0 Å². The summed E-state index contributed by atoms with van der Waals surface area (Å²) >= 11 is 1.93. The van der Waals surface area contributed by atoms with Crippen molar-refractivity contribution in [1.29, 1.82) is 0 Å². The van der Waals surface area contributed by atoms with Crippen LogP contribution in [0.25, 0.3) is 0 Å². The second-order valence-electron chi connectivity index (χ2n) is 5.35. The topological polar surface area (TPSA) is 41.1 Å². The van der Waals surface area contributed by atoms with Crippen LogP contribution in [-0.2, 0) is 4.79 Å². The molecule has 0 saturated heterocycles. The van der Waals surface area contributed by atoms with Crippen molar-refractivity contribution in [2.75, 3.05) is 12.8 Å². The number of rotatable bonds is 5. The second kappa shape index (κ2) is 6.64. The van der Waals surface area contributed by atoms with Gasteiger partial charge >= 0.3 is 0 Å². The van der Waals surface area contributed by atoms with E-state index in [0.29, 0.717) is 6.04 Å². The molecule has 1 amide bonds. The summed E-state index contributed by atoms with van der Waals surface area (Å²) < 4.78 is 0. The maximum absolute atomic E-state index is 12.1. The summed E-state index contributed by atoms with van der Waals surface area (Å²) in [6, 6.07) is 0.367. The van der Waals surface area contributed by atoms with E-state index in [0.717, 1.165) is 24.6 Å². The lowest BCUT2D eigenvalue weighted by atomic mass is 9.93. The van der Waals surface area contributed by atoms with E-state index in [-0.39, 0.29) is 5.91 Å². The molecule has 2 atom stereocenters. The Kier molecular flexibility index (Phi) is 5.80. The maximum atomic E-state index is 12.1. The number of likely N-dealkylation sites (N-methyl/N-ethyl adjacent to an activating group) is 1. The standard InChI is InChI=1S/C13H26N2OS/c1-5-14-13(2,3)12(16)15-10-7-6-8-11(9-10)17-4/h10-11,14H,5-9H2,1-4H3,(H,15,16). The zero-order valence-electron chi connectivity index (χ0n) is 11.5. The number of amides is 1. The molecule has 100 valence electrons. The van der Waals surface area contributed by atoms with Gasteiger partial charge in [0, 0.05) is 11.3 Å². The van der Waals surface area contributed by atoms with Gasteiger partial charge in [-0.2, -0.15) is 11.8 Å². The SMILES string of the molecule is CCNC(C)(C)C(=O)NC1CCCC(SC)C1. The van der Waals surface area contributed by atoms with Crippen LogP contribution in [-0.4, -0.2) is 35.5 Å². The number of carbonyl (C=O) groups excluding carboxylic acids is 1. The van der Waals surface area contributed by atoms with E-state index in [1.165, 1.54) is 12.8 Å². The smallest absolute Gasteiger partial charge is 0.239 e. The van der Waals surface area contributed by atoms with E-state index in [2.05, 4.69) is 16.9 Å². The Bertz CT molecular complexity index is 256. The van der Waals surface area contributed by atoms with Gasteiger partial charge in [0.1, 0.15) is 0 Å². The normalized spacial score (nSPS) is 25.6. The highest BCUT2D eigenvalue weighted by Gasteiger charge is 2.30. The second-order valence-corrected chi connectivity index (χ2v) is 6.49. The van der Waals surface area contributed by atoms with Crippen molar-refractivity contribution in [2.24, 2.45) is 0 Å². The fraction of sp³-hybridized carbons (Fsp3) is 0.923. The third-order valence-electron chi connectivity index (χ3n) is 3.48. The van der Waals surface area contributed by atoms with Crippen LogP contribution in [0.15, 0.2) is 0 Å². The highest BCUT2D eigenvalue weighted by molar-refractivity contribution is 7.99. The Morgan fingerprint density at radius 1 is 1.41 bits per heavy atom. The van der Waals surface area contributed by atoms with Crippen LogP contribution >= 0.6 is 11.8 Å². The van der Waals surface area contributed by atoms with Crippen molar-refractivity contribution in [3.8, 4) is 0 Å². The molecule has 0 spiro atoms. The predicted octanol–water partition coefficient (Wildman–Crippen LogP) is 2.16. The van der Waals surface area contributed by atoms with Crippen molar-refractivity contribution in [1.82, 2.24) is 10.6 Å². The minimum atomic E-state index is -0.457. The summed E-state index contributed by atoms with van der Waals surface area (Å²) in [5.41, 5.74) is -0.457. The third-order valence-corrected chi connectivity index (χ3v) is 4.58. The molecule has 0 bridgehead atoms. The van der Waals surface area contributed by atoms with Gasteiger partial charge in [-0.3, -0.25) is 4.79 Å². The first-order chi connectivity index (χ1) is 7.99. The fourth-order valence-electron chi connectivity index (χ4n) is 2.38. The molecular weight excluding hydrogens is 232 g/mol. The average Bonchev–Trinajstić information content (AvgIpc) is 2.29. The van der Waals surface area contributed by atoms with Crippen molar-refractivity contribution in [3.63, 3.8) is 0 Å². The first kappa shape index (κ1) is 14.8. The summed E-state index contributed by atoms with van der Waals surface area (Å²) in [4.78, 5) is 12.1. The van der Waals surface area contributed by atoms with E-state index in [1.54, 1.807) is 0 Å². The van der Waals surface area contributed by atoms with E-state index in [9.17, 15) is 4.79 Å². The number of carbonyl (C=O) groups is 1. The molecule has 0 aromatic carbocycles. The molecule has 0 heterocycles. The predicted molar refractivity (Wildman–Crippen MR) is 75.5 cm³/mol. The molecule has 1 aliphatic rings. The summed E-state index contributed by atoms with van der Waals surface area (Å²) in [6.45, 7) is 6.74. The van der Waals surface area contributed by atoms with Gasteiger partial charge in [0.25, 0.3) is 0 Å². The molecule has 0 aromatic heterocycles. The first-order valence-electron chi connectivity index (χ1n) is 6.58. The van der Waals surface area contributed by atoms with Crippen LogP contribution in [0.4, 0.5) is 0 Å². The molecule has 1 aliphatic carbocycles. The lowest BCUT2D eigenvalue weighted by molar-refractivity contribution is -0.127.